The highest BCUT2D eigenvalue weighted by Gasteiger charge is 2.33. The Labute approximate surface area is 142 Å². The lowest BCUT2D eigenvalue weighted by atomic mass is 10.1. The number of sulfone groups is 1. The number of carbonyl (C=O) groups excluding carboxylic acids is 1. The fourth-order valence-corrected chi connectivity index (χ4v) is 4.73. The quantitative estimate of drug-likeness (QED) is 0.855. The van der Waals surface area contributed by atoms with Gasteiger partial charge >= 0.3 is 0 Å². The van der Waals surface area contributed by atoms with Gasteiger partial charge in [0, 0.05) is 10.5 Å². The minimum atomic E-state index is -3.07. The Hall–Kier alpha value is -1.67. The molecule has 6 nitrogen and oxygen atoms in total. The molecule has 0 saturated carbocycles. The molecule has 8 heteroatoms. The van der Waals surface area contributed by atoms with Crippen molar-refractivity contribution in [2.24, 2.45) is 5.92 Å². The number of nitrogens with one attached hydrogen (secondary N) is 1. The van der Waals surface area contributed by atoms with E-state index in [4.69, 9.17) is 0 Å². The Bertz CT molecular complexity index is 832. The van der Waals surface area contributed by atoms with E-state index in [1.165, 1.54) is 0 Å². The molecule has 3 rings (SSSR count). The van der Waals surface area contributed by atoms with Gasteiger partial charge in [-0.3, -0.25) is 4.79 Å². The molecule has 0 spiro atoms. The Morgan fingerprint density at radius 3 is 2.83 bits per heavy atom. The zero-order valence-electron chi connectivity index (χ0n) is 12.3. The lowest BCUT2D eigenvalue weighted by Gasteiger charge is -2.12. The highest BCUT2D eigenvalue weighted by Crippen LogP contribution is 2.22. The first-order valence-electron chi connectivity index (χ1n) is 7.21. The summed E-state index contributed by atoms with van der Waals surface area (Å²) in [6, 6.07) is 9.49. The Balaban J connectivity index is 1.72. The van der Waals surface area contributed by atoms with Gasteiger partial charge in [0.05, 0.1) is 30.2 Å². The first kappa shape index (κ1) is 16.2. The molecule has 1 amide bonds. The van der Waals surface area contributed by atoms with E-state index in [1.54, 1.807) is 16.9 Å². The van der Waals surface area contributed by atoms with E-state index in [1.807, 2.05) is 24.3 Å². The minimum Gasteiger partial charge on any atom is -0.311 e. The first-order chi connectivity index (χ1) is 10.9. The Morgan fingerprint density at radius 2 is 2.13 bits per heavy atom. The zero-order chi connectivity index (χ0) is 16.4. The molecule has 1 atom stereocenters. The van der Waals surface area contributed by atoms with Crippen LogP contribution in [0.3, 0.4) is 0 Å². The molecule has 1 saturated heterocycles. The van der Waals surface area contributed by atoms with Crippen LogP contribution >= 0.6 is 15.9 Å². The van der Waals surface area contributed by atoms with Gasteiger partial charge in [-0.05, 0) is 18.1 Å². The third kappa shape index (κ3) is 3.81. The van der Waals surface area contributed by atoms with Gasteiger partial charge in [-0.2, -0.15) is 5.10 Å². The average Bonchev–Trinajstić information content (AvgIpc) is 3.08. The molecule has 1 N–H and O–H groups in total. The molecule has 1 aliphatic rings. The van der Waals surface area contributed by atoms with E-state index in [0.29, 0.717) is 18.8 Å². The monoisotopic (exact) mass is 397 g/mol. The van der Waals surface area contributed by atoms with E-state index in [-0.39, 0.29) is 17.4 Å². The zero-order valence-corrected chi connectivity index (χ0v) is 14.7. The van der Waals surface area contributed by atoms with E-state index >= 15 is 0 Å². The van der Waals surface area contributed by atoms with Crippen molar-refractivity contribution in [3.8, 4) is 0 Å². The first-order valence-corrected chi connectivity index (χ1v) is 9.82. The molecule has 23 heavy (non-hydrogen) atoms. The van der Waals surface area contributed by atoms with Crippen LogP contribution in [0.25, 0.3) is 0 Å². The third-order valence-electron chi connectivity index (χ3n) is 3.85. The number of carbonyl (C=O) groups is 1. The van der Waals surface area contributed by atoms with Crippen LogP contribution in [-0.2, 0) is 21.2 Å². The average molecular weight is 398 g/mol. The summed E-state index contributed by atoms with van der Waals surface area (Å²) in [6.45, 7) is 0.507. The molecule has 2 heterocycles. The second-order valence-electron chi connectivity index (χ2n) is 5.55. The van der Waals surface area contributed by atoms with Gasteiger partial charge in [0.1, 0.15) is 5.82 Å². The molecule has 0 aliphatic carbocycles. The second kappa shape index (κ2) is 6.45. The fraction of sp³-hybridized carbons (Fsp3) is 0.333. The number of hydrogen-bond acceptors (Lipinski definition) is 4. The molecular weight excluding hydrogens is 382 g/mol. The standard InChI is InChI=1S/C15H16BrN3O3S/c16-13-4-2-1-3-11(13)9-19-14(5-7-17-19)18-15(20)12-6-8-23(21,22)10-12/h1-5,7,12H,6,8-10H2,(H,18,20). The number of nitrogens with zero attached hydrogens (tertiary/aromatic N) is 2. The molecule has 1 aromatic carbocycles. The number of benzene rings is 1. The molecular formula is C15H16BrN3O3S. The summed E-state index contributed by atoms with van der Waals surface area (Å²) in [5.41, 5.74) is 1.04. The fourth-order valence-electron chi connectivity index (χ4n) is 2.58. The van der Waals surface area contributed by atoms with Crippen LogP contribution < -0.4 is 5.32 Å². The Kier molecular flexibility index (Phi) is 4.54. The van der Waals surface area contributed by atoms with Gasteiger partial charge in [0.15, 0.2) is 9.84 Å². The van der Waals surface area contributed by atoms with Crippen molar-refractivity contribution in [2.75, 3.05) is 16.8 Å². The maximum absolute atomic E-state index is 12.2. The van der Waals surface area contributed by atoms with Crippen LogP contribution in [0.4, 0.5) is 5.82 Å². The van der Waals surface area contributed by atoms with Crippen LogP contribution in [-0.4, -0.2) is 35.6 Å². The van der Waals surface area contributed by atoms with Crippen molar-refractivity contribution in [1.29, 1.82) is 0 Å². The van der Waals surface area contributed by atoms with Gasteiger partial charge < -0.3 is 5.32 Å². The summed E-state index contributed by atoms with van der Waals surface area (Å²) >= 11 is 3.49. The highest BCUT2D eigenvalue weighted by molar-refractivity contribution is 9.10. The molecule has 0 bridgehead atoms. The van der Waals surface area contributed by atoms with Crippen molar-refractivity contribution >= 4 is 37.5 Å². The summed E-state index contributed by atoms with van der Waals surface area (Å²) in [5, 5.41) is 7.02. The van der Waals surface area contributed by atoms with Crippen LogP contribution in [0, 0.1) is 5.92 Å². The van der Waals surface area contributed by atoms with E-state index in [0.717, 1.165) is 10.0 Å². The number of anilines is 1. The molecule has 1 unspecified atom stereocenters. The summed E-state index contributed by atoms with van der Waals surface area (Å²) in [4.78, 5) is 12.2. The number of halogens is 1. The number of rotatable bonds is 4. The molecule has 1 fully saturated rings. The lowest BCUT2D eigenvalue weighted by Crippen LogP contribution is -2.25. The maximum atomic E-state index is 12.2. The summed E-state index contributed by atoms with van der Waals surface area (Å²) in [6.07, 6.45) is 1.99. The van der Waals surface area contributed by atoms with Gasteiger partial charge in [-0.15, -0.1) is 0 Å². The number of amides is 1. The van der Waals surface area contributed by atoms with Crippen LogP contribution in [0.2, 0.25) is 0 Å². The van der Waals surface area contributed by atoms with Crippen LogP contribution in [0.1, 0.15) is 12.0 Å². The molecule has 1 aromatic heterocycles. The van der Waals surface area contributed by atoms with Gasteiger partial charge in [-0.1, -0.05) is 34.1 Å². The van der Waals surface area contributed by atoms with E-state index < -0.39 is 15.8 Å². The van der Waals surface area contributed by atoms with Crippen molar-refractivity contribution in [1.82, 2.24) is 9.78 Å². The highest BCUT2D eigenvalue weighted by atomic mass is 79.9. The van der Waals surface area contributed by atoms with Crippen molar-refractivity contribution in [2.45, 2.75) is 13.0 Å². The predicted octanol–water partition coefficient (Wildman–Crippen LogP) is 2.07. The van der Waals surface area contributed by atoms with Gasteiger partial charge in [-0.25, -0.2) is 13.1 Å². The molecule has 122 valence electrons. The molecule has 2 aromatic rings. The Morgan fingerprint density at radius 1 is 1.35 bits per heavy atom. The minimum absolute atomic E-state index is 0.0722. The molecule has 0 radical (unpaired) electrons. The maximum Gasteiger partial charge on any atom is 0.229 e. The van der Waals surface area contributed by atoms with Gasteiger partial charge in [0.25, 0.3) is 0 Å². The van der Waals surface area contributed by atoms with E-state index in [2.05, 4.69) is 26.3 Å². The smallest absolute Gasteiger partial charge is 0.229 e. The molecule has 1 aliphatic heterocycles. The van der Waals surface area contributed by atoms with Crippen LogP contribution in [0.5, 0.6) is 0 Å². The predicted molar refractivity (Wildman–Crippen MR) is 90.9 cm³/mol. The summed E-state index contributed by atoms with van der Waals surface area (Å²) in [7, 11) is -3.07. The SMILES string of the molecule is O=C(Nc1ccnn1Cc1ccccc1Br)C1CCS(=O)(=O)C1. The van der Waals surface area contributed by atoms with Crippen molar-refractivity contribution in [3.05, 3.63) is 46.6 Å². The lowest BCUT2D eigenvalue weighted by molar-refractivity contribution is -0.119. The summed E-state index contributed by atoms with van der Waals surface area (Å²) < 4.78 is 25.6. The third-order valence-corrected chi connectivity index (χ3v) is 6.39. The van der Waals surface area contributed by atoms with Crippen molar-refractivity contribution in [3.63, 3.8) is 0 Å². The number of hydrogen-bond donors (Lipinski definition) is 1. The summed E-state index contributed by atoms with van der Waals surface area (Å²) in [5.74, 6) is -0.166. The largest absolute Gasteiger partial charge is 0.311 e. The topological polar surface area (TPSA) is 81.1 Å². The van der Waals surface area contributed by atoms with Crippen LogP contribution in [0.15, 0.2) is 41.0 Å². The second-order valence-corrected chi connectivity index (χ2v) is 8.64. The van der Waals surface area contributed by atoms with Gasteiger partial charge in [0.2, 0.25) is 5.91 Å². The number of aromatic nitrogens is 2. The normalized spacial score (nSPS) is 19.6. The van der Waals surface area contributed by atoms with E-state index in [9.17, 15) is 13.2 Å². The van der Waals surface area contributed by atoms with Crippen molar-refractivity contribution < 1.29 is 13.2 Å².